The van der Waals surface area contributed by atoms with E-state index in [1.165, 1.54) is 12.1 Å². The van der Waals surface area contributed by atoms with Gasteiger partial charge in [0.1, 0.15) is 8.07 Å². The number of alkyl halides is 9. The first-order chi connectivity index (χ1) is 13.5. The normalized spacial score (nSPS) is 13.8. The van der Waals surface area contributed by atoms with Gasteiger partial charge in [-0.05, 0) is 12.1 Å². The lowest BCUT2D eigenvalue weighted by molar-refractivity contribution is -0.161. The lowest BCUT2D eigenvalue weighted by Crippen LogP contribution is -2.52. The van der Waals surface area contributed by atoms with E-state index in [-0.39, 0.29) is 10.2 Å². The minimum atomic E-state index is -5.22. The highest BCUT2D eigenvalue weighted by molar-refractivity contribution is 7.32. The predicted octanol–water partition coefficient (Wildman–Crippen LogP) is 6.18. The van der Waals surface area contributed by atoms with Gasteiger partial charge in [-0.3, -0.25) is 0 Å². The molecule has 30 heavy (non-hydrogen) atoms. The molecular formula is C18H12F9NSSi. The smallest absolute Gasteiger partial charge is 0.246 e. The van der Waals surface area contributed by atoms with Crippen molar-refractivity contribution in [2.24, 2.45) is 0 Å². The molecule has 3 aromatic rings. The molecule has 12 heteroatoms. The van der Waals surface area contributed by atoms with Crippen LogP contribution in [-0.4, -0.2) is 13.1 Å². The van der Waals surface area contributed by atoms with Crippen LogP contribution in [0.25, 0.3) is 10.2 Å². The molecule has 1 nitrogen and oxygen atoms in total. The van der Waals surface area contributed by atoms with Gasteiger partial charge < -0.3 is 0 Å². The van der Waals surface area contributed by atoms with Gasteiger partial charge in [-0.15, -0.1) is 11.3 Å². The van der Waals surface area contributed by atoms with Crippen molar-refractivity contribution in [3.05, 3.63) is 53.1 Å². The van der Waals surface area contributed by atoms with E-state index in [2.05, 4.69) is 4.98 Å². The molecule has 0 aliphatic rings. The van der Waals surface area contributed by atoms with E-state index in [0.717, 1.165) is 23.5 Å². The van der Waals surface area contributed by atoms with Crippen molar-refractivity contribution >= 4 is 39.4 Å². The monoisotopic (exact) mass is 473 g/mol. The molecule has 0 atom stereocenters. The minimum absolute atomic E-state index is 0.0715. The summed E-state index contributed by atoms with van der Waals surface area (Å²) in [5.74, 6) is 0. The van der Waals surface area contributed by atoms with E-state index in [9.17, 15) is 39.5 Å². The van der Waals surface area contributed by atoms with E-state index in [0.29, 0.717) is 22.0 Å². The molecule has 1 aromatic heterocycles. The van der Waals surface area contributed by atoms with E-state index in [1.54, 1.807) is 13.1 Å². The molecule has 0 N–H and O–H groups in total. The van der Waals surface area contributed by atoms with Crippen molar-refractivity contribution in [2.45, 2.75) is 31.6 Å². The van der Waals surface area contributed by atoms with E-state index in [1.807, 2.05) is 0 Å². The fraction of sp³-hybridized carbons (Fsp3) is 0.278. The SMILES string of the molecule is C[Si](C)(c1ccc(C(F)(F)F)cc1)c1nc2cc(C(F)(F)F)c(C(F)(F)F)cc2s1. The Morgan fingerprint density at radius 2 is 1.23 bits per heavy atom. The first-order valence-electron chi connectivity index (χ1n) is 8.28. The molecule has 0 amide bonds. The number of thiazole rings is 1. The van der Waals surface area contributed by atoms with Gasteiger partial charge in [0, 0.05) is 0 Å². The van der Waals surface area contributed by atoms with Crippen molar-refractivity contribution < 1.29 is 39.5 Å². The van der Waals surface area contributed by atoms with Crippen LogP contribution < -0.4 is 9.82 Å². The molecule has 0 saturated carbocycles. The summed E-state index contributed by atoms with van der Waals surface area (Å²) in [5.41, 5.74) is -4.71. The summed E-state index contributed by atoms with van der Waals surface area (Å²) in [6.07, 6.45) is -14.9. The summed E-state index contributed by atoms with van der Waals surface area (Å²) in [4.78, 5) is 4.12. The van der Waals surface area contributed by atoms with Crippen LogP contribution in [0.4, 0.5) is 39.5 Å². The molecule has 1 heterocycles. The van der Waals surface area contributed by atoms with Crippen LogP contribution in [0.5, 0.6) is 0 Å². The first kappa shape index (κ1) is 22.6. The summed E-state index contributed by atoms with van der Waals surface area (Å²) in [6, 6.07) is 5.11. The van der Waals surface area contributed by atoms with Gasteiger partial charge in [-0.25, -0.2) is 4.98 Å². The quantitative estimate of drug-likeness (QED) is 0.320. The Labute approximate surface area is 169 Å². The van der Waals surface area contributed by atoms with Crippen LogP contribution in [0.1, 0.15) is 16.7 Å². The topological polar surface area (TPSA) is 12.9 Å². The van der Waals surface area contributed by atoms with Gasteiger partial charge in [0.2, 0.25) is 0 Å². The van der Waals surface area contributed by atoms with E-state index in [4.69, 9.17) is 0 Å². The highest BCUT2D eigenvalue weighted by Crippen LogP contribution is 2.42. The maximum atomic E-state index is 13.1. The number of rotatable bonds is 2. The molecule has 0 saturated heterocycles. The highest BCUT2D eigenvalue weighted by Gasteiger charge is 2.44. The zero-order valence-electron chi connectivity index (χ0n) is 15.2. The third-order valence-electron chi connectivity index (χ3n) is 4.61. The Morgan fingerprint density at radius 3 is 1.70 bits per heavy atom. The number of aromatic nitrogens is 1. The Bertz CT molecular complexity index is 1030. The summed E-state index contributed by atoms with van der Waals surface area (Å²) in [5, 5.41) is 0.515. The van der Waals surface area contributed by atoms with Crippen LogP contribution in [0, 0.1) is 0 Å². The van der Waals surface area contributed by atoms with E-state index < -0.39 is 43.3 Å². The van der Waals surface area contributed by atoms with Crippen LogP contribution >= 0.6 is 11.3 Å². The average molecular weight is 473 g/mol. The maximum absolute atomic E-state index is 13.1. The molecule has 0 unspecified atom stereocenters. The molecule has 0 aliphatic carbocycles. The molecule has 162 valence electrons. The Kier molecular flexibility index (Phi) is 5.25. The van der Waals surface area contributed by atoms with Crippen molar-refractivity contribution in [1.29, 1.82) is 0 Å². The first-order valence-corrected chi connectivity index (χ1v) is 12.1. The van der Waals surface area contributed by atoms with Gasteiger partial charge in [-0.2, -0.15) is 39.5 Å². The van der Waals surface area contributed by atoms with Crippen molar-refractivity contribution in [2.75, 3.05) is 0 Å². The van der Waals surface area contributed by atoms with Gasteiger partial charge in [-0.1, -0.05) is 42.5 Å². The summed E-state index contributed by atoms with van der Waals surface area (Å²) in [6.45, 7) is 3.42. The summed E-state index contributed by atoms with van der Waals surface area (Å²) < 4.78 is 117. The largest absolute Gasteiger partial charge is 0.417 e. The van der Waals surface area contributed by atoms with Crippen molar-refractivity contribution in [3.8, 4) is 0 Å². The summed E-state index contributed by atoms with van der Waals surface area (Å²) in [7, 11) is -2.77. The number of halogens is 9. The lowest BCUT2D eigenvalue weighted by Gasteiger charge is -2.20. The number of hydrogen-bond acceptors (Lipinski definition) is 2. The number of benzene rings is 2. The fourth-order valence-electron chi connectivity index (χ4n) is 2.91. The number of nitrogens with zero attached hydrogens (tertiary/aromatic N) is 1. The Balaban J connectivity index is 2.12. The zero-order valence-corrected chi connectivity index (χ0v) is 17.0. The Morgan fingerprint density at radius 1 is 0.733 bits per heavy atom. The standard InChI is InChI=1S/C18H12F9NSSi/c1-30(2,10-5-3-9(4-6-10)16(19,20)21)15-28-13-7-11(17(22,23)24)12(18(25,26)27)8-14(13)29-15/h3-8H,1-2H3. The molecule has 0 bridgehead atoms. The minimum Gasteiger partial charge on any atom is -0.246 e. The zero-order chi connectivity index (χ0) is 22.7. The molecule has 0 radical (unpaired) electrons. The van der Waals surface area contributed by atoms with Crippen LogP contribution in [0.3, 0.4) is 0 Å². The predicted molar refractivity (Wildman–Crippen MR) is 97.8 cm³/mol. The summed E-state index contributed by atoms with van der Waals surface area (Å²) >= 11 is 0.819. The fourth-order valence-corrected chi connectivity index (χ4v) is 7.00. The molecule has 2 aromatic carbocycles. The third kappa shape index (κ3) is 4.20. The van der Waals surface area contributed by atoms with Gasteiger partial charge >= 0.3 is 18.5 Å². The van der Waals surface area contributed by atoms with Crippen LogP contribution in [0.2, 0.25) is 13.1 Å². The molecule has 0 aliphatic heterocycles. The molecule has 0 spiro atoms. The number of hydrogen-bond donors (Lipinski definition) is 0. The molecule has 0 fully saturated rings. The Hall–Kier alpha value is -2.08. The second kappa shape index (κ2) is 6.97. The third-order valence-corrected chi connectivity index (χ3v) is 10.2. The van der Waals surface area contributed by atoms with E-state index >= 15 is 0 Å². The maximum Gasteiger partial charge on any atom is 0.417 e. The molecular weight excluding hydrogens is 461 g/mol. The second-order valence-corrected chi connectivity index (χ2v) is 12.8. The van der Waals surface area contributed by atoms with Crippen LogP contribution in [-0.2, 0) is 18.5 Å². The highest BCUT2D eigenvalue weighted by atomic mass is 32.1. The second-order valence-electron chi connectivity index (χ2n) is 7.08. The van der Waals surface area contributed by atoms with Crippen molar-refractivity contribution in [3.63, 3.8) is 0 Å². The van der Waals surface area contributed by atoms with Crippen molar-refractivity contribution in [1.82, 2.24) is 4.98 Å². The average Bonchev–Trinajstić information content (AvgIpc) is 3.02. The molecule has 3 rings (SSSR count). The van der Waals surface area contributed by atoms with Gasteiger partial charge in [0.05, 0.1) is 31.5 Å². The van der Waals surface area contributed by atoms with Crippen LogP contribution in [0.15, 0.2) is 36.4 Å². The van der Waals surface area contributed by atoms with Gasteiger partial charge in [0.15, 0.2) is 0 Å². The number of fused-ring (bicyclic) bond motifs is 1. The lowest BCUT2D eigenvalue weighted by atomic mass is 10.1. The van der Waals surface area contributed by atoms with Gasteiger partial charge in [0.25, 0.3) is 0 Å².